The number of nitrogens with zero attached hydrogens (tertiary/aromatic N) is 2. The molecule has 3 heterocycles. The lowest BCUT2D eigenvalue weighted by Crippen LogP contribution is -2.74. The van der Waals surface area contributed by atoms with Gasteiger partial charge in [-0.15, -0.1) is 0 Å². The highest BCUT2D eigenvalue weighted by Gasteiger charge is 2.62. The molecule has 2 fully saturated rings. The molecule has 138 valence electrons. The second-order valence-corrected chi connectivity index (χ2v) is 6.77. The number of carbonyl (C=O) groups excluding carboxylic acids is 3. The van der Waals surface area contributed by atoms with Crippen LogP contribution in [0.2, 0.25) is 0 Å². The topological polar surface area (TPSA) is 88.2 Å². The Bertz CT molecular complexity index is 767. The van der Waals surface area contributed by atoms with Gasteiger partial charge in [0.05, 0.1) is 32.4 Å². The van der Waals surface area contributed by atoms with Crippen molar-refractivity contribution < 1.29 is 23.9 Å². The van der Waals surface area contributed by atoms with Crippen LogP contribution in [0.3, 0.4) is 0 Å². The van der Waals surface area contributed by atoms with Crippen LogP contribution >= 0.6 is 0 Å². The van der Waals surface area contributed by atoms with Crippen molar-refractivity contribution in [2.45, 2.75) is 12.5 Å². The fraction of sp³-hybridized carbons (Fsp3) is 0.500. The average Bonchev–Trinajstić information content (AvgIpc) is 2.66. The summed E-state index contributed by atoms with van der Waals surface area (Å²) in [6.07, 6.45) is 0.245. The van der Waals surface area contributed by atoms with Gasteiger partial charge < -0.3 is 14.4 Å². The number of hydrogen-bond acceptors (Lipinski definition) is 6. The van der Waals surface area contributed by atoms with Crippen LogP contribution in [0.5, 0.6) is 0 Å². The maximum Gasteiger partial charge on any atom is 0.330 e. The molecule has 1 aromatic rings. The minimum absolute atomic E-state index is 0.103. The van der Waals surface area contributed by atoms with E-state index in [4.69, 9.17) is 9.47 Å². The van der Waals surface area contributed by atoms with Crippen molar-refractivity contribution in [3.63, 3.8) is 0 Å². The van der Waals surface area contributed by atoms with Gasteiger partial charge in [0.15, 0.2) is 5.41 Å². The van der Waals surface area contributed by atoms with E-state index in [1.54, 1.807) is 0 Å². The molecular formula is C18H21N3O5. The van der Waals surface area contributed by atoms with Crippen LogP contribution in [-0.4, -0.2) is 68.8 Å². The van der Waals surface area contributed by atoms with E-state index in [0.717, 1.165) is 16.2 Å². The summed E-state index contributed by atoms with van der Waals surface area (Å²) in [5.41, 5.74) is 0.568. The highest BCUT2D eigenvalue weighted by atomic mass is 16.5. The van der Waals surface area contributed by atoms with Crippen molar-refractivity contribution in [2.75, 3.05) is 44.9 Å². The van der Waals surface area contributed by atoms with E-state index in [2.05, 4.69) is 10.2 Å². The number of para-hydroxylation sites is 1. The summed E-state index contributed by atoms with van der Waals surface area (Å²) in [5.74, 6) is -1.02. The van der Waals surface area contributed by atoms with Crippen molar-refractivity contribution in [1.82, 2.24) is 10.2 Å². The summed E-state index contributed by atoms with van der Waals surface area (Å²) in [5, 5.41) is 2.38. The lowest BCUT2D eigenvalue weighted by atomic mass is 9.68. The minimum Gasteiger partial charge on any atom is -0.383 e. The Kier molecular flexibility index (Phi) is 4.16. The number of imide groups is 2. The van der Waals surface area contributed by atoms with Crippen molar-refractivity contribution in [3.05, 3.63) is 29.8 Å². The molecule has 1 spiro atoms. The van der Waals surface area contributed by atoms with Crippen molar-refractivity contribution in [3.8, 4) is 0 Å². The Balaban J connectivity index is 1.81. The van der Waals surface area contributed by atoms with Gasteiger partial charge in [0.25, 0.3) is 0 Å². The molecule has 2 saturated heterocycles. The zero-order valence-electron chi connectivity index (χ0n) is 14.6. The number of ether oxygens (including phenoxy) is 2. The maximum atomic E-state index is 13.4. The number of methoxy groups -OCH3 is 1. The second-order valence-electron chi connectivity index (χ2n) is 6.77. The number of amides is 4. The number of urea groups is 1. The Hall–Kier alpha value is -2.45. The normalized spacial score (nSPS) is 28.0. The van der Waals surface area contributed by atoms with Crippen LogP contribution in [0, 0.1) is 5.41 Å². The highest BCUT2D eigenvalue weighted by molar-refractivity contribution is 6.20. The summed E-state index contributed by atoms with van der Waals surface area (Å²) in [6, 6.07) is 6.63. The van der Waals surface area contributed by atoms with E-state index in [9.17, 15) is 14.4 Å². The van der Waals surface area contributed by atoms with E-state index < -0.39 is 29.3 Å². The van der Waals surface area contributed by atoms with Gasteiger partial charge in [-0.25, -0.2) is 4.79 Å². The average molecular weight is 359 g/mol. The second kappa shape index (κ2) is 6.37. The predicted octanol–water partition coefficient (Wildman–Crippen LogP) is 0.159. The lowest BCUT2D eigenvalue weighted by molar-refractivity contribution is -0.156. The summed E-state index contributed by atoms with van der Waals surface area (Å²) in [6.45, 7) is 1.70. The number of anilines is 1. The Morgan fingerprint density at radius 3 is 2.92 bits per heavy atom. The lowest BCUT2D eigenvalue weighted by Gasteiger charge is -2.53. The van der Waals surface area contributed by atoms with E-state index in [1.807, 2.05) is 24.3 Å². The summed E-state index contributed by atoms with van der Waals surface area (Å²) < 4.78 is 10.6. The number of hydrogen-bond donors (Lipinski definition) is 1. The number of morpholine rings is 1. The molecule has 8 heteroatoms. The van der Waals surface area contributed by atoms with Crippen molar-refractivity contribution in [1.29, 1.82) is 0 Å². The van der Waals surface area contributed by atoms with Crippen LogP contribution in [0.4, 0.5) is 10.5 Å². The van der Waals surface area contributed by atoms with Crippen LogP contribution in [-0.2, 0) is 25.5 Å². The summed E-state index contributed by atoms with van der Waals surface area (Å²) >= 11 is 0. The third-order valence-corrected chi connectivity index (χ3v) is 5.48. The van der Waals surface area contributed by atoms with Gasteiger partial charge in [-0.1, -0.05) is 18.2 Å². The van der Waals surface area contributed by atoms with E-state index in [1.165, 1.54) is 7.11 Å². The molecule has 3 aliphatic rings. The molecule has 1 N–H and O–H groups in total. The zero-order chi connectivity index (χ0) is 18.3. The first-order chi connectivity index (χ1) is 12.6. The van der Waals surface area contributed by atoms with Crippen molar-refractivity contribution in [2.24, 2.45) is 5.41 Å². The van der Waals surface area contributed by atoms with Gasteiger partial charge in [-0.3, -0.25) is 19.8 Å². The largest absolute Gasteiger partial charge is 0.383 e. The molecule has 3 aliphatic heterocycles. The van der Waals surface area contributed by atoms with Gasteiger partial charge >= 0.3 is 6.03 Å². The van der Waals surface area contributed by atoms with Gasteiger partial charge in [0, 0.05) is 19.3 Å². The SMILES string of the molecule is COCCN1C(=O)NC(=O)[C@]2(Cc3ccccc3N3CCOC[C@@H]32)C1=O. The Labute approximate surface area is 151 Å². The van der Waals surface area contributed by atoms with Crippen LogP contribution in [0.15, 0.2) is 24.3 Å². The monoisotopic (exact) mass is 359 g/mol. The number of benzene rings is 1. The summed E-state index contributed by atoms with van der Waals surface area (Å²) in [7, 11) is 1.50. The van der Waals surface area contributed by atoms with Gasteiger partial charge in [0.1, 0.15) is 0 Å². The molecule has 0 unspecified atom stereocenters. The quantitative estimate of drug-likeness (QED) is 0.774. The third-order valence-electron chi connectivity index (χ3n) is 5.48. The maximum absolute atomic E-state index is 13.4. The third kappa shape index (κ3) is 2.33. The fourth-order valence-corrected chi connectivity index (χ4v) is 4.20. The van der Waals surface area contributed by atoms with E-state index >= 15 is 0 Å². The molecule has 4 amide bonds. The number of rotatable bonds is 3. The smallest absolute Gasteiger partial charge is 0.330 e. The fourth-order valence-electron chi connectivity index (χ4n) is 4.20. The van der Waals surface area contributed by atoms with Crippen LogP contribution in [0.25, 0.3) is 0 Å². The first kappa shape index (κ1) is 17.0. The molecule has 0 saturated carbocycles. The first-order valence-corrected chi connectivity index (χ1v) is 8.68. The molecule has 0 radical (unpaired) electrons. The molecule has 0 bridgehead atoms. The number of carbonyl (C=O) groups is 3. The number of nitrogens with one attached hydrogen (secondary N) is 1. The van der Waals surface area contributed by atoms with Crippen molar-refractivity contribution >= 4 is 23.5 Å². The van der Waals surface area contributed by atoms with E-state index in [-0.39, 0.29) is 26.2 Å². The van der Waals surface area contributed by atoms with Crippen LogP contribution < -0.4 is 10.2 Å². The Morgan fingerprint density at radius 2 is 2.12 bits per heavy atom. The standard InChI is InChI=1S/C18H21N3O5/c1-25-8-6-21-16(23)18(15(22)19-17(21)24)10-12-4-2-3-5-13(12)20-7-9-26-11-14(18)20/h2-5,14H,6-11H2,1H3,(H,19,22,24)/t14-,18-/m1/s1. The molecular weight excluding hydrogens is 338 g/mol. The highest BCUT2D eigenvalue weighted by Crippen LogP contribution is 2.45. The van der Waals surface area contributed by atoms with Gasteiger partial charge in [-0.05, 0) is 18.1 Å². The molecule has 2 atom stereocenters. The summed E-state index contributed by atoms with van der Waals surface area (Å²) in [4.78, 5) is 41.8. The first-order valence-electron chi connectivity index (χ1n) is 8.68. The molecule has 8 nitrogen and oxygen atoms in total. The van der Waals surface area contributed by atoms with E-state index in [0.29, 0.717) is 13.2 Å². The molecule has 0 aromatic heterocycles. The molecule has 0 aliphatic carbocycles. The number of fused-ring (bicyclic) bond motifs is 4. The van der Waals surface area contributed by atoms with Gasteiger partial charge in [0.2, 0.25) is 11.8 Å². The zero-order valence-corrected chi connectivity index (χ0v) is 14.6. The predicted molar refractivity (Wildman–Crippen MR) is 91.7 cm³/mol. The molecule has 26 heavy (non-hydrogen) atoms. The van der Waals surface area contributed by atoms with Gasteiger partial charge in [-0.2, -0.15) is 0 Å². The van der Waals surface area contributed by atoms with Crippen LogP contribution in [0.1, 0.15) is 5.56 Å². The number of barbiturate groups is 1. The Morgan fingerprint density at radius 1 is 1.31 bits per heavy atom. The molecule has 1 aromatic carbocycles. The molecule has 4 rings (SSSR count). The minimum atomic E-state index is -1.38.